The van der Waals surface area contributed by atoms with Gasteiger partial charge in [0.25, 0.3) is 0 Å². The SMILES string of the molecule is CNc1cc(C)nc(NC2COc3c(cccc3C3=CCNCCC3)O2)n1. The van der Waals surface area contributed by atoms with Gasteiger partial charge in [-0.15, -0.1) is 0 Å². The molecule has 0 fully saturated rings. The molecular formula is C20H25N5O2. The van der Waals surface area contributed by atoms with Crippen LogP contribution >= 0.6 is 0 Å². The van der Waals surface area contributed by atoms with E-state index in [2.05, 4.69) is 38.1 Å². The zero-order valence-electron chi connectivity index (χ0n) is 15.7. The topological polar surface area (TPSA) is 80.3 Å². The molecule has 2 aromatic rings. The molecule has 1 aromatic carbocycles. The van der Waals surface area contributed by atoms with Crippen molar-refractivity contribution in [3.8, 4) is 11.5 Å². The van der Waals surface area contributed by atoms with Gasteiger partial charge in [-0.2, -0.15) is 4.98 Å². The zero-order chi connectivity index (χ0) is 18.6. The second-order valence-electron chi connectivity index (χ2n) is 6.70. The van der Waals surface area contributed by atoms with E-state index < -0.39 is 0 Å². The molecule has 2 aliphatic heterocycles. The summed E-state index contributed by atoms with van der Waals surface area (Å²) in [6, 6.07) is 7.95. The molecule has 1 atom stereocenters. The molecule has 1 unspecified atom stereocenters. The van der Waals surface area contributed by atoms with Gasteiger partial charge in [0, 0.05) is 30.9 Å². The first-order valence-corrected chi connectivity index (χ1v) is 9.35. The van der Waals surface area contributed by atoms with Crippen molar-refractivity contribution < 1.29 is 9.47 Å². The average Bonchev–Trinajstić information content (AvgIpc) is 2.96. The largest absolute Gasteiger partial charge is 0.483 e. The lowest BCUT2D eigenvalue weighted by Crippen LogP contribution is -2.37. The van der Waals surface area contributed by atoms with Crippen LogP contribution in [0, 0.1) is 6.92 Å². The monoisotopic (exact) mass is 367 g/mol. The smallest absolute Gasteiger partial charge is 0.227 e. The number of ether oxygens (including phenoxy) is 2. The number of aryl methyl sites for hydroxylation is 1. The Morgan fingerprint density at radius 2 is 2.19 bits per heavy atom. The van der Waals surface area contributed by atoms with Gasteiger partial charge in [0.2, 0.25) is 12.2 Å². The van der Waals surface area contributed by atoms with Crippen LogP contribution in [0.4, 0.5) is 11.8 Å². The molecule has 7 nitrogen and oxygen atoms in total. The van der Waals surface area contributed by atoms with Gasteiger partial charge in [0.05, 0.1) is 0 Å². The molecular weight excluding hydrogens is 342 g/mol. The van der Waals surface area contributed by atoms with E-state index in [1.54, 1.807) is 0 Å². The number of aromatic nitrogens is 2. The van der Waals surface area contributed by atoms with E-state index in [1.807, 2.05) is 32.2 Å². The summed E-state index contributed by atoms with van der Waals surface area (Å²) in [6.07, 6.45) is 4.07. The molecule has 27 heavy (non-hydrogen) atoms. The van der Waals surface area contributed by atoms with Crippen molar-refractivity contribution in [2.45, 2.75) is 26.0 Å². The highest BCUT2D eigenvalue weighted by atomic mass is 16.6. The van der Waals surface area contributed by atoms with E-state index in [-0.39, 0.29) is 6.23 Å². The van der Waals surface area contributed by atoms with Gasteiger partial charge in [0.15, 0.2) is 11.5 Å². The van der Waals surface area contributed by atoms with E-state index in [0.717, 1.165) is 54.5 Å². The van der Waals surface area contributed by atoms with Crippen molar-refractivity contribution in [2.24, 2.45) is 0 Å². The van der Waals surface area contributed by atoms with Crippen LogP contribution in [0.5, 0.6) is 11.5 Å². The van der Waals surface area contributed by atoms with E-state index in [0.29, 0.717) is 12.6 Å². The third kappa shape index (κ3) is 3.98. The molecule has 0 bridgehead atoms. The standard InChI is InChI=1S/C20H25N5O2/c1-13-11-17(21-2)24-20(23-13)25-18-12-26-19-15(6-3-7-16(19)27-18)14-5-4-9-22-10-8-14/h3,6-8,11,18,22H,4-5,9-10,12H2,1-2H3,(H2,21,23,24,25). The molecule has 7 heteroatoms. The van der Waals surface area contributed by atoms with Gasteiger partial charge in [-0.25, -0.2) is 4.98 Å². The molecule has 0 amide bonds. The lowest BCUT2D eigenvalue weighted by atomic mass is 9.99. The van der Waals surface area contributed by atoms with E-state index in [9.17, 15) is 0 Å². The van der Waals surface area contributed by atoms with E-state index >= 15 is 0 Å². The van der Waals surface area contributed by atoms with Crippen molar-refractivity contribution in [2.75, 3.05) is 37.4 Å². The maximum absolute atomic E-state index is 6.13. The summed E-state index contributed by atoms with van der Waals surface area (Å²) in [6.45, 7) is 4.26. The van der Waals surface area contributed by atoms with Gasteiger partial charge in [-0.05, 0) is 37.9 Å². The molecule has 0 radical (unpaired) electrons. The van der Waals surface area contributed by atoms with Crippen LogP contribution in [0.1, 0.15) is 24.1 Å². The number of fused-ring (bicyclic) bond motifs is 1. The molecule has 4 rings (SSSR count). The number of hydrogen-bond donors (Lipinski definition) is 3. The Labute approximate surface area is 159 Å². The van der Waals surface area contributed by atoms with Crippen molar-refractivity contribution in [3.05, 3.63) is 41.6 Å². The quantitative estimate of drug-likeness (QED) is 0.767. The summed E-state index contributed by atoms with van der Waals surface area (Å²) in [5, 5.41) is 9.65. The first-order valence-electron chi connectivity index (χ1n) is 9.35. The Morgan fingerprint density at radius 3 is 3.07 bits per heavy atom. The minimum Gasteiger partial charge on any atom is -0.483 e. The van der Waals surface area contributed by atoms with Gasteiger partial charge in [-0.1, -0.05) is 18.2 Å². The molecule has 142 valence electrons. The Hall–Kier alpha value is -2.80. The Kier molecular flexibility index (Phi) is 5.11. The van der Waals surface area contributed by atoms with Crippen LogP contribution in [0.25, 0.3) is 5.57 Å². The molecule has 0 saturated heterocycles. The van der Waals surface area contributed by atoms with Crippen molar-refractivity contribution in [1.29, 1.82) is 0 Å². The minimum atomic E-state index is -0.343. The Morgan fingerprint density at radius 1 is 1.26 bits per heavy atom. The number of para-hydroxylation sites is 1. The van der Waals surface area contributed by atoms with Crippen molar-refractivity contribution >= 4 is 17.3 Å². The highest BCUT2D eigenvalue weighted by Gasteiger charge is 2.25. The van der Waals surface area contributed by atoms with E-state index in [1.165, 1.54) is 5.57 Å². The minimum absolute atomic E-state index is 0.343. The van der Waals surface area contributed by atoms with Crippen LogP contribution in [0.15, 0.2) is 30.3 Å². The van der Waals surface area contributed by atoms with Crippen molar-refractivity contribution in [1.82, 2.24) is 15.3 Å². The number of anilines is 2. The number of rotatable bonds is 4. The number of allylic oxidation sites excluding steroid dienone is 1. The highest BCUT2D eigenvalue weighted by molar-refractivity contribution is 5.73. The second-order valence-corrected chi connectivity index (χ2v) is 6.70. The van der Waals surface area contributed by atoms with E-state index in [4.69, 9.17) is 9.47 Å². The third-order valence-corrected chi connectivity index (χ3v) is 4.67. The summed E-state index contributed by atoms with van der Waals surface area (Å²) < 4.78 is 12.2. The fraction of sp³-hybridized carbons (Fsp3) is 0.400. The van der Waals surface area contributed by atoms with Crippen molar-refractivity contribution in [3.63, 3.8) is 0 Å². The number of hydrogen-bond acceptors (Lipinski definition) is 7. The number of nitrogens with one attached hydrogen (secondary N) is 3. The third-order valence-electron chi connectivity index (χ3n) is 4.67. The Balaban J connectivity index is 1.53. The summed E-state index contributed by atoms with van der Waals surface area (Å²) in [4.78, 5) is 8.84. The predicted molar refractivity (Wildman–Crippen MR) is 106 cm³/mol. The maximum Gasteiger partial charge on any atom is 0.227 e. The fourth-order valence-corrected chi connectivity index (χ4v) is 3.38. The van der Waals surface area contributed by atoms with Gasteiger partial charge >= 0.3 is 0 Å². The van der Waals surface area contributed by atoms with Crippen LogP contribution in [-0.4, -0.2) is 42.9 Å². The fourth-order valence-electron chi connectivity index (χ4n) is 3.38. The van der Waals surface area contributed by atoms with Crippen LogP contribution in [0.3, 0.4) is 0 Å². The molecule has 1 aromatic heterocycles. The first kappa shape index (κ1) is 17.6. The number of nitrogens with zero attached hydrogens (tertiary/aromatic N) is 2. The molecule has 0 saturated carbocycles. The van der Waals surface area contributed by atoms with Gasteiger partial charge in [-0.3, -0.25) is 0 Å². The number of benzene rings is 1. The average molecular weight is 367 g/mol. The Bertz CT molecular complexity index is 852. The van der Waals surface area contributed by atoms with Gasteiger partial charge in [0.1, 0.15) is 12.4 Å². The zero-order valence-corrected chi connectivity index (χ0v) is 15.7. The highest BCUT2D eigenvalue weighted by Crippen LogP contribution is 2.40. The molecule has 3 heterocycles. The summed E-state index contributed by atoms with van der Waals surface area (Å²) >= 11 is 0. The first-order chi connectivity index (χ1) is 13.2. The van der Waals surface area contributed by atoms with Gasteiger partial charge < -0.3 is 25.4 Å². The molecule has 0 spiro atoms. The summed E-state index contributed by atoms with van der Waals surface area (Å²) in [5.74, 6) is 2.85. The lowest BCUT2D eigenvalue weighted by molar-refractivity contribution is 0.109. The predicted octanol–water partition coefficient (Wildman–Crippen LogP) is 2.80. The molecule has 2 aliphatic rings. The summed E-state index contributed by atoms with van der Waals surface area (Å²) in [7, 11) is 1.83. The normalized spacial score (nSPS) is 19.0. The molecule has 3 N–H and O–H groups in total. The summed E-state index contributed by atoms with van der Waals surface area (Å²) in [5.41, 5.74) is 3.32. The van der Waals surface area contributed by atoms with Crippen LogP contribution in [-0.2, 0) is 0 Å². The lowest BCUT2D eigenvalue weighted by Gasteiger charge is -2.29. The second kappa shape index (κ2) is 7.84. The van der Waals surface area contributed by atoms with Crippen LogP contribution < -0.4 is 25.4 Å². The molecule has 0 aliphatic carbocycles. The van der Waals surface area contributed by atoms with Crippen LogP contribution in [0.2, 0.25) is 0 Å². The maximum atomic E-state index is 6.13.